The molecule has 4 N–H and O–H groups in total. The molecular weight excluding hydrogens is 422 g/mol. The SMILES string of the molecule is OCC1CC(O)CC(N(CCSc2ccc(O)cc2)CCSc2ccc(O)cc2)O1. The standard InChI is InChI=1S/C22H29NO5S2/c24-15-19-13-18(27)14-22(28-19)23(9-11-29-20-5-1-16(25)2-6-20)10-12-30-21-7-3-17(26)4-8-21/h1-8,18-19,22,24-27H,9-15H2. The van der Waals surface area contributed by atoms with Gasteiger partial charge in [-0.15, -0.1) is 23.5 Å². The van der Waals surface area contributed by atoms with Crippen molar-refractivity contribution in [3.63, 3.8) is 0 Å². The van der Waals surface area contributed by atoms with E-state index in [0.717, 1.165) is 34.4 Å². The maximum absolute atomic E-state index is 10.2. The van der Waals surface area contributed by atoms with Gasteiger partial charge in [-0.25, -0.2) is 0 Å². The summed E-state index contributed by atoms with van der Waals surface area (Å²) in [7, 11) is 0. The fourth-order valence-electron chi connectivity index (χ4n) is 3.36. The van der Waals surface area contributed by atoms with Crippen LogP contribution in [0.3, 0.4) is 0 Å². The van der Waals surface area contributed by atoms with Crippen LogP contribution in [0.25, 0.3) is 0 Å². The van der Waals surface area contributed by atoms with Crippen LogP contribution >= 0.6 is 23.5 Å². The van der Waals surface area contributed by atoms with Crippen molar-refractivity contribution >= 4 is 23.5 Å². The quantitative estimate of drug-likeness (QED) is 0.410. The number of hydrogen-bond acceptors (Lipinski definition) is 8. The van der Waals surface area contributed by atoms with E-state index in [0.29, 0.717) is 12.8 Å². The number of aromatic hydroxyl groups is 2. The fourth-order valence-corrected chi connectivity index (χ4v) is 5.14. The Labute approximate surface area is 185 Å². The average Bonchev–Trinajstić information content (AvgIpc) is 2.75. The zero-order valence-electron chi connectivity index (χ0n) is 16.8. The molecule has 164 valence electrons. The van der Waals surface area contributed by atoms with Crippen molar-refractivity contribution in [3.8, 4) is 11.5 Å². The average molecular weight is 452 g/mol. The van der Waals surface area contributed by atoms with Crippen LogP contribution in [0.1, 0.15) is 12.8 Å². The van der Waals surface area contributed by atoms with Crippen LogP contribution in [0.4, 0.5) is 0 Å². The number of hydrogen-bond donors (Lipinski definition) is 4. The number of thioether (sulfide) groups is 2. The van der Waals surface area contributed by atoms with Gasteiger partial charge in [-0.3, -0.25) is 4.90 Å². The second-order valence-corrected chi connectivity index (χ2v) is 9.58. The normalized spacial score (nSPS) is 21.8. The van der Waals surface area contributed by atoms with Gasteiger partial charge in [0.15, 0.2) is 0 Å². The lowest BCUT2D eigenvalue weighted by atomic mass is 10.0. The third-order valence-corrected chi connectivity index (χ3v) is 6.92. The molecule has 1 aliphatic rings. The number of benzene rings is 2. The van der Waals surface area contributed by atoms with Gasteiger partial charge in [0.25, 0.3) is 0 Å². The largest absolute Gasteiger partial charge is 0.508 e. The highest BCUT2D eigenvalue weighted by molar-refractivity contribution is 7.99. The van der Waals surface area contributed by atoms with Gasteiger partial charge >= 0.3 is 0 Å². The summed E-state index contributed by atoms with van der Waals surface area (Å²) >= 11 is 3.41. The summed E-state index contributed by atoms with van der Waals surface area (Å²) in [4.78, 5) is 4.40. The van der Waals surface area contributed by atoms with Crippen molar-refractivity contribution in [3.05, 3.63) is 48.5 Å². The lowest BCUT2D eigenvalue weighted by Crippen LogP contribution is -2.48. The molecule has 1 heterocycles. The summed E-state index contributed by atoms with van der Waals surface area (Å²) in [5.74, 6) is 2.20. The van der Waals surface area contributed by atoms with Crippen molar-refractivity contribution in [1.82, 2.24) is 4.90 Å². The van der Waals surface area contributed by atoms with Crippen molar-refractivity contribution < 1.29 is 25.2 Å². The van der Waals surface area contributed by atoms with E-state index in [2.05, 4.69) is 4.90 Å². The minimum atomic E-state index is -0.474. The lowest BCUT2D eigenvalue weighted by molar-refractivity contribution is -0.166. The van der Waals surface area contributed by atoms with Crippen molar-refractivity contribution in [2.24, 2.45) is 0 Å². The maximum atomic E-state index is 10.2. The molecule has 30 heavy (non-hydrogen) atoms. The van der Waals surface area contributed by atoms with E-state index in [4.69, 9.17) is 4.74 Å². The molecule has 0 radical (unpaired) electrons. The van der Waals surface area contributed by atoms with E-state index in [-0.39, 0.29) is 30.4 Å². The number of rotatable bonds is 10. The summed E-state index contributed by atoms with van der Waals surface area (Å²) in [5.41, 5.74) is 0. The molecule has 0 aliphatic carbocycles. The van der Waals surface area contributed by atoms with E-state index in [1.165, 1.54) is 0 Å². The first-order valence-electron chi connectivity index (χ1n) is 10.1. The van der Waals surface area contributed by atoms with Gasteiger partial charge in [0.2, 0.25) is 0 Å². The van der Waals surface area contributed by atoms with Crippen molar-refractivity contribution in [2.45, 2.75) is 41.1 Å². The van der Waals surface area contributed by atoms with Gasteiger partial charge in [0, 0.05) is 47.2 Å². The second kappa shape index (κ2) is 11.8. The minimum Gasteiger partial charge on any atom is -0.508 e. The molecule has 2 aromatic carbocycles. The van der Waals surface area contributed by atoms with E-state index >= 15 is 0 Å². The van der Waals surface area contributed by atoms with Gasteiger partial charge in [0.1, 0.15) is 17.7 Å². The molecule has 0 bridgehead atoms. The second-order valence-electron chi connectivity index (χ2n) is 7.24. The van der Waals surface area contributed by atoms with Gasteiger partial charge in [0.05, 0.1) is 18.8 Å². The Morgan fingerprint density at radius 2 is 1.33 bits per heavy atom. The van der Waals surface area contributed by atoms with Crippen LogP contribution in [0.2, 0.25) is 0 Å². The minimum absolute atomic E-state index is 0.0914. The molecule has 0 spiro atoms. The Morgan fingerprint density at radius 3 is 1.80 bits per heavy atom. The summed E-state index contributed by atoms with van der Waals surface area (Å²) in [6.45, 7) is 1.46. The van der Waals surface area contributed by atoms with Gasteiger partial charge in [-0.05, 0) is 48.5 Å². The fraction of sp³-hybridized carbons (Fsp3) is 0.455. The molecular formula is C22H29NO5S2. The molecule has 3 rings (SSSR count). The van der Waals surface area contributed by atoms with Crippen molar-refractivity contribution in [2.75, 3.05) is 31.2 Å². The van der Waals surface area contributed by atoms with Crippen LogP contribution in [0.15, 0.2) is 58.3 Å². The molecule has 0 amide bonds. The summed E-state index contributed by atoms with van der Waals surface area (Å²) in [6.07, 6.45) is -0.0457. The number of nitrogens with zero attached hydrogens (tertiary/aromatic N) is 1. The highest BCUT2D eigenvalue weighted by atomic mass is 32.2. The summed E-state index contributed by atoms with van der Waals surface area (Å²) in [6, 6.07) is 14.3. The lowest BCUT2D eigenvalue weighted by Gasteiger charge is -2.39. The maximum Gasteiger partial charge on any atom is 0.115 e. The molecule has 0 aromatic heterocycles. The predicted octanol–water partition coefficient (Wildman–Crippen LogP) is 3.14. The molecule has 1 fully saturated rings. The number of phenolic OH excluding ortho intramolecular Hbond substituents is 2. The van der Waals surface area contributed by atoms with Gasteiger partial charge in [-0.2, -0.15) is 0 Å². The first-order chi connectivity index (χ1) is 14.5. The molecule has 1 saturated heterocycles. The molecule has 3 unspecified atom stereocenters. The highest BCUT2D eigenvalue weighted by Crippen LogP contribution is 2.26. The van der Waals surface area contributed by atoms with E-state index in [9.17, 15) is 20.4 Å². The Morgan fingerprint density at radius 1 is 0.833 bits per heavy atom. The monoisotopic (exact) mass is 451 g/mol. The molecule has 2 aromatic rings. The zero-order chi connectivity index (χ0) is 21.3. The third-order valence-electron chi connectivity index (χ3n) is 4.94. The summed E-state index contributed by atoms with van der Waals surface area (Å²) in [5, 5.41) is 38.6. The van der Waals surface area contributed by atoms with Crippen molar-refractivity contribution in [1.29, 1.82) is 0 Å². The van der Waals surface area contributed by atoms with Crippen LogP contribution in [0.5, 0.6) is 11.5 Å². The number of phenols is 2. The highest BCUT2D eigenvalue weighted by Gasteiger charge is 2.31. The first kappa shape index (κ1) is 23.2. The third kappa shape index (κ3) is 7.37. The van der Waals surface area contributed by atoms with Crippen LogP contribution < -0.4 is 0 Å². The smallest absolute Gasteiger partial charge is 0.115 e. The van der Waals surface area contributed by atoms with E-state index in [1.54, 1.807) is 47.8 Å². The molecule has 8 heteroatoms. The Bertz CT molecular complexity index is 708. The number of ether oxygens (including phenoxy) is 1. The molecule has 1 aliphatic heterocycles. The predicted molar refractivity (Wildman–Crippen MR) is 120 cm³/mol. The van der Waals surface area contributed by atoms with Crippen LogP contribution in [-0.4, -0.2) is 75.0 Å². The van der Waals surface area contributed by atoms with Gasteiger partial charge < -0.3 is 25.2 Å². The Kier molecular flexibility index (Phi) is 9.17. The number of aliphatic hydroxyl groups is 2. The zero-order valence-corrected chi connectivity index (χ0v) is 18.4. The van der Waals surface area contributed by atoms with Crippen LogP contribution in [-0.2, 0) is 4.74 Å². The molecule has 0 saturated carbocycles. The first-order valence-corrected chi connectivity index (χ1v) is 12.0. The Hall–Kier alpha value is -1.42. The summed E-state index contributed by atoms with van der Waals surface area (Å²) < 4.78 is 6.04. The molecule has 3 atom stereocenters. The van der Waals surface area contributed by atoms with E-state index < -0.39 is 6.10 Å². The van der Waals surface area contributed by atoms with E-state index in [1.807, 2.05) is 24.3 Å². The van der Waals surface area contributed by atoms with Gasteiger partial charge in [-0.1, -0.05) is 0 Å². The number of aliphatic hydroxyl groups excluding tert-OH is 2. The Balaban J connectivity index is 1.56. The van der Waals surface area contributed by atoms with Crippen LogP contribution in [0, 0.1) is 0 Å². The molecule has 6 nitrogen and oxygen atoms in total. The topological polar surface area (TPSA) is 93.4 Å².